The highest BCUT2D eigenvalue weighted by Crippen LogP contribution is 2.41. The zero-order valence-electron chi connectivity index (χ0n) is 14.7. The average molecular weight is 340 g/mol. The maximum absolute atomic E-state index is 12.7. The molecule has 1 amide bonds. The Bertz CT molecular complexity index is 746. The second-order valence-corrected chi connectivity index (χ2v) is 6.10. The van der Waals surface area contributed by atoms with Gasteiger partial charge in [0.05, 0.1) is 20.3 Å². The summed E-state index contributed by atoms with van der Waals surface area (Å²) in [6, 6.07) is 14.0. The van der Waals surface area contributed by atoms with Gasteiger partial charge in [0.25, 0.3) is 0 Å². The van der Waals surface area contributed by atoms with Gasteiger partial charge in [-0.1, -0.05) is 30.3 Å². The van der Waals surface area contributed by atoms with Crippen LogP contribution in [-0.4, -0.2) is 38.1 Å². The fraction of sp³-hybridized carbons (Fsp3) is 0.350. The minimum Gasteiger partial charge on any atom is -0.493 e. The summed E-state index contributed by atoms with van der Waals surface area (Å²) in [5.41, 5.74) is 8.97. The van der Waals surface area contributed by atoms with Crippen LogP contribution in [0.5, 0.6) is 11.5 Å². The number of fused-ring (bicyclic) bond motifs is 1. The molecule has 1 heterocycles. The number of methoxy groups -OCH3 is 2. The van der Waals surface area contributed by atoms with E-state index in [0.717, 1.165) is 23.3 Å². The van der Waals surface area contributed by atoms with Crippen molar-refractivity contribution in [1.82, 2.24) is 4.90 Å². The van der Waals surface area contributed by atoms with Crippen LogP contribution in [0, 0.1) is 0 Å². The lowest BCUT2D eigenvalue weighted by Crippen LogP contribution is -2.41. The molecule has 0 aliphatic carbocycles. The van der Waals surface area contributed by atoms with Crippen LogP contribution in [0.4, 0.5) is 0 Å². The largest absolute Gasteiger partial charge is 0.493 e. The molecular weight excluding hydrogens is 316 g/mol. The predicted molar refractivity (Wildman–Crippen MR) is 96.9 cm³/mol. The van der Waals surface area contributed by atoms with Crippen molar-refractivity contribution in [2.45, 2.75) is 18.9 Å². The van der Waals surface area contributed by atoms with E-state index in [1.807, 2.05) is 35.2 Å². The molecule has 25 heavy (non-hydrogen) atoms. The van der Waals surface area contributed by atoms with Crippen molar-refractivity contribution >= 4 is 5.91 Å². The molecule has 2 aromatic rings. The third-order valence-corrected chi connectivity index (χ3v) is 4.67. The minimum absolute atomic E-state index is 0.0804. The number of hydrogen-bond donors (Lipinski definition) is 1. The summed E-state index contributed by atoms with van der Waals surface area (Å²) >= 11 is 0. The van der Waals surface area contributed by atoms with Crippen molar-refractivity contribution in [2.75, 3.05) is 27.3 Å². The van der Waals surface area contributed by atoms with E-state index >= 15 is 0 Å². The number of nitrogens with zero attached hydrogens (tertiary/aromatic N) is 1. The van der Waals surface area contributed by atoms with Gasteiger partial charge in [0.15, 0.2) is 11.5 Å². The molecule has 5 heteroatoms. The highest BCUT2D eigenvalue weighted by atomic mass is 16.5. The van der Waals surface area contributed by atoms with Gasteiger partial charge in [-0.3, -0.25) is 4.79 Å². The summed E-state index contributed by atoms with van der Waals surface area (Å²) in [6.07, 6.45) is 1.14. The Morgan fingerprint density at radius 2 is 1.84 bits per heavy atom. The van der Waals surface area contributed by atoms with Crippen LogP contribution < -0.4 is 15.2 Å². The molecule has 0 fully saturated rings. The molecule has 2 aromatic carbocycles. The van der Waals surface area contributed by atoms with E-state index in [0.29, 0.717) is 25.3 Å². The molecule has 132 valence electrons. The Hall–Kier alpha value is -2.53. The molecule has 0 radical (unpaired) electrons. The van der Waals surface area contributed by atoms with Crippen molar-refractivity contribution < 1.29 is 14.3 Å². The molecule has 1 aliphatic heterocycles. The number of ether oxygens (including phenoxy) is 2. The Balaban J connectivity index is 2.12. The Kier molecular flexibility index (Phi) is 5.24. The van der Waals surface area contributed by atoms with Crippen LogP contribution in [0.3, 0.4) is 0 Å². The first-order chi connectivity index (χ1) is 12.2. The number of carbonyl (C=O) groups excluding carboxylic acids is 1. The van der Waals surface area contributed by atoms with Gasteiger partial charge in [-0.25, -0.2) is 0 Å². The van der Waals surface area contributed by atoms with E-state index in [9.17, 15) is 4.79 Å². The minimum atomic E-state index is -0.135. The molecule has 5 nitrogen and oxygen atoms in total. The van der Waals surface area contributed by atoms with E-state index in [-0.39, 0.29) is 11.9 Å². The summed E-state index contributed by atoms with van der Waals surface area (Å²) in [7, 11) is 3.26. The molecular formula is C20H24N2O3. The fourth-order valence-electron chi connectivity index (χ4n) is 3.48. The fourth-order valence-corrected chi connectivity index (χ4v) is 3.48. The van der Waals surface area contributed by atoms with Crippen LogP contribution in [0.25, 0.3) is 0 Å². The molecule has 0 aromatic heterocycles. The van der Waals surface area contributed by atoms with Gasteiger partial charge < -0.3 is 20.1 Å². The zero-order chi connectivity index (χ0) is 17.8. The van der Waals surface area contributed by atoms with Gasteiger partial charge in [0, 0.05) is 19.5 Å². The quantitative estimate of drug-likeness (QED) is 0.908. The topological polar surface area (TPSA) is 64.8 Å². The van der Waals surface area contributed by atoms with Crippen molar-refractivity contribution in [3.05, 3.63) is 59.2 Å². The van der Waals surface area contributed by atoms with E-state index in [1.165, 1.54) is 5.56 Å². The molecule has 1 atom stereocenters. The van der Waals surface area contributed by atoms with Gasteiger partial charge >= 0.3 is 0 Å². The summed E-state index contributed by atoms with van der Waals surface area (Å²) in [6.45, 7) is 1.02. The second kappa shape index (κ2) is 7.57. The molecule has 0 saturated carbocycles. The third kappa shape index (κ3) is 3.33. The highest BCUT2D eigenvalue weighted by molar-refractivity contribution is 5.78. The predicted octanol–water partition coefficient (Wildman–Crippen LogP) is 2.53. The van der Waals surface area contributed by atoms with E-state index in [1.54, 1.807) is 14.2 Å². The van der Waals surface area contributed by atoms with Crippen molar-refractivity contribution in [1.29, 1.82) is 0 Å². The van der Waals surface area contributed by atoms with Crippen molar-refractivity contribution in [3.63, 3.8) is 0 Å². The summed E-state index contributed by atoms with van der Waals surface area (Å²) in [5, 5.41) is 0. The van der Waals surface area contributed by atoms with Gasteiger partial charge in [0.2, 0.25) is 5.91 Å². The molecule has 0 saturated heterocycles. The van der Waals surface area contributed by atoms with Crippen molar-refractivity contribution in [3.8, 4) is 11.5 Å². The average Bonchev–Trinajstić information content (AvgIpc) is 2.66. The van der Waals surface area contributed by atoms with E-state index < -0.39 is 0 Å². The van der Waals surface area contributed by atoms with Crippen LogP contribution in [0.2, 0.25) is 0 Å². The Morgan fingerprint density at radius 3 is 2.48 bits per heavy atom. The molecule has 3 rings (SSSR count). The van der Waals surface area contributed by atoms with Crippen LogP contribution >= 0.6 is 0 Å². The molecule has 2 N–H and O–H groups in total. The number of hydrogen-bond acceptors (Lipinski definition) is 4. The molecule has 1 aliphatic rings. The monoisotopic (exact) mass is 340 g/mol. The first-order valence-corrected chi connectivity index (χ1v) is 8.48. The van der Waals surface area contributed by atoms with Crippen LogP contribution in [0.15, 0.2) is 42.5 Å². The van der Waals surface area contributed by atoms with Crippen molar-refractivity contribution in [2.24, 2.45) is 5.73 Å². The number of amides is 1. The standard InChI is InChI=1S/C20H24N2O3/c1-24-17-12-15-9-11-22(19(23)8-10-21)20(14-6-4-3-5-7-14)16(15)13-18(17)25-2/h3-7,12-13,20H,8-11,21H2,1-2H3. The maximum atomic E-state index is 12.7. The maximum Gasteiger partial charge on any atom is 0.224 e. The lowest BCUT2D eigenvalue weighted by atomic mass is 9.87. The van der Waals surface area contributed by atoms with Gasteiger partial charge in [-0.15, -0.1) is 0 Å². The van der Waals surface area contributed by atoms with E-state index in [2.05, 4.69) is 12.1 Å². The first-order valence-electron chi connectivity index (χ1n) is 8.48. The lowest BCUT2D eigenvalue weighted by Gasteiger charge is -2.38. The SMILES string of the molecule is COc1cc2c(cc1OC)C(c1ccccc1)N(C(=O)CCN)CC2. The van der Waals surface area contributed by atoms with Crippen LogP contribution in [0.1, 0.15) is 29.2 Å². The van der Waals surface area contributed by atoms with E-state index in [4.69, 9.17) is 15.2 Å². The number of rotatable bonds is 5. The van der Waals surface area contributed by atoms with Crippen LogP contribution in [-0.2, 0) is 11.2 Å². The normalized spacial score (nSPS) is 16.3. The number of carbonyl (C=O) groups is 1. The summed E-state index contributed by atoms with van der Waals surface area (Å²) in [5.74, 6) is 1.47. The smallest absolute Gasteiger partial charge is 0.224 e. The summed E-state index contributed by atoms with van der Waals surface area (Å²) in [4.78, 5) is 14.6. The summed E-state index contributed by atoms with van der Waals surface area (Å²) < 4.78 is 10.9. The Labute approximate surface area is 148 Å². The first kappa shape index (κ1) is 17.3. The highest BCUT2D eigenvalue weighted by Gasteiger charge is 2.32. The third-order valence-electron chi connectivity index (χ3n) is 4.67. The Morgan fingerprint density at radius 1 is 1.16 bits per heavy atom. The zero-order valence-corrected chi connectivity index (χ0v) is 14.7. The molecule has 0 spiro atoms. The molecule has 0 bridgehead atoms. The van der Waals surface area contributed by atoms with Gasteiger partial charge in [-0.05, 0) is 35.2 Å². The lowest BCUT2D eigenvalue weighted by molar-refractivity contribution is -0.133. The van der Waals surface area contributed by atoms with Gasteiger partial charge in [0.1, 0.15) is 0 Å². The molecule has 1 unspecified atom stereocenters. The van der Waals surface area contributed by atoms with Gasteiger partial charge in [-0.2, -0.15) is 0 Å². The number of nitrogens with two attached hydrogens (primary N) is 1. The number of benzene rings is 2. The second-order valence-electron chi connectivity index (χ2n) is 6.10.